The summed E-state index contributed by atoms with van der Waals surface area (Å²) in [7, 11) is 4.93. The van der Waals surface area contributed by atoms with Crippen molar-refractivity contribution in [3.05, 3.63) is 10.5 Å². The molecule has 1 atom stereocenters. The number of imidazole rings is 1. The van der Waals surface area contributed by atoms with Gasteiger partial charge in [0.05, 0.1) is 13.1 Å². The van der Waals surface area contributed by atoms with Gasteiger partial charge in [0.25, 0.3) is 0 Å². The Balaban J connectivity index is 2.21. The van der Waals surface area contributed by atoms with Gasteiger partial charge in [0.15, 0.2) is 17.7 Å². The monoisotopic (exact) mass is 441 g/mol. The summed E-state index contributed by atoms with van der Waals surface area (Å²) in [4.78, 5) is 36.3. The summed E-state index contributed by atoms with van der Waals surface area (Å²) in [5.41, 5.74) is 0.190. The van der Waals surface area contributed by atoms with E-state index >= 15 is 0 Å². The van der Waals surface area contributed by atoms with E-state index in [0.29, 0.717) is 12.1 Å². The molecule has 3 rings (SSSR count). The molecule has 0 radical (unpaired) electrons. The number of ether oxygens (including phenoxy) is 1. The van der Waals surface area contributed by atoms with Gasteiger partial charge in [-0.2, -0.15) is 23.1 Å². The number of carbonyl (C=O) groups is 1. The average Bonchev–Trinajstić information content (AvgIpc) is 2.96. The highest BCUT2D eigenvalue weighted by molar-refractivity contribution is 5.86. The predicted octanol–water partition coefficient (Wildman–Crippen LogP) is 0.0605. The van der Waals surface area contributed by atoms with Crippen LogP contribution >= 0.6 is 0 Å². The van der Waals surface area contributed by atoms with E-state index in [-0.39, 0.29) is 37.0 Å². The molecule has 1 aliphatic rings. The lowest BCUT2D eigenvalue weighted by Crippen LogP contribution is -2.54. The van der Waals surface area contributed by atoms with Crippen LogP contribution in [-0.4, -0.2) is 71.2 Å². The van der Waals surface area contributed by atoms with E-state index in [1.165, 1.54) is 21.1 Å². The van der Waals surface area contributed by atoms with Gasteiger partial charge in [0.2, 0.25) is 5.95 Å². The second-order valence-electron chi connectivity index (χ2n) is 7.02. The highest BCUT2D eigenvalue weighted by atomic mass is 19.4. The summed E-state index contributed by atoms with van der Waals surface area (Å²) in [5.74, 6) is 3.65. The number of hydrogen-bond donors (Lipinski definition) is 1. The van der Waals surface area contributed by atoms with Crippen LogP contribution in [-0.2, 0) is 23.1 Å². The number of alkyl halides is 3. The SMILES string of the molecule is CC#CCn1c(=O)n(C)c2nc(N(C)C)nc(N3CCNCC3OC(=O)C(F)(F)F)c21. The second-order valence-corrected chi connectivity index (χ2v) is 7.02. The predicted molar refractivity (Wildman–Crippen MR) is 107 cm³/mol. The first-order valence-corrected chi connectivity index (χ1v) is 9.35. The standard InChI is InChI=1S/C18H22F3N7O3/c1-5-6-8-28-12-13(26(4)17(28)30)23-16(25(2)3)24-14(12)27-9-7-22-10-11(27)31-15(29)18(19,20)21/h11,22H,7-10H2,1-4H3. The highest BCUT2D eigenvalue weighted by Crippen LogP contribution is 2.29. The second kappa shape index (κ2) is 8.46. The number of esters is 1. The van der Waals surface area contributed by atoms with Gasteiger partial charge in [-0.15, -0.1) is 5.92 Å². The Morgan fingerprint density at radius 1 is 1.35 bits per heavy atom. The smallest absolute Gasteiger partial charge is 0.433 e. The minimum absolute atomic E-state index is 0.0451. The molecule has 1 unspecified atom stereocenters. The van der Waals surface area contributed by atoms with Crippen molar-refractivity contribution in [2.24, 2.45) is 7.05 Å². The first-order valence-electron chi connectivity index (χ1n) is 9.35. The summed E-state index contributed by atoms with van der Waals surface area (Å²) in [5, 5.41) is 2.91. The molecule has 1 aliphatic heterocycles. The quantitative estimate of drug-likeness (QED) is 0.526. The molecule has 0 spiro atoms. The van der Waals surface area contributed by atoms with Crippen LogP contribution in [0.25, 0.3) is 11.2 Å². The largest absolute Gasteiger partial charge is 0.491 e. The molecule has 168 valence electrons. The minimum Gasteiger partial charge on any atom is -0.433 e. The van der Waals surface area contributed by atoms with Crippen LogP contribution in [0.2, 0.25) is 0 Å². The maximum absolute atomic E-state index is 12.8. The van der Waals surface area contributed by atoms with Gasteiger partial charge in [-0.05, 0) is 6.92 Å². The molecule has 0 amide bonds. The van der Waals surface area contributed by atoms with E-state index in [1.54, 1.807) is 25.9 Å². The summed E-state index contributed by atoms with van der Waals surface area (Å²) >= 11 is 0. The number of nitrogens with zero attached hydrogens (tertiary/aromatic N) is 6. The fraction of sp³-hybridized carbons (Fsp3) is 0.556. The number of fused-ring (bicyclic) bond motifs is 1. The third kappa shape index (κ3) is 4.29. The van der Waals surface area contributed by atoms with E-state index in [4.69, 9.17) is 4.74 Å². The Kier molecular flexibility index (Phi) is 6.12. The molecule has 1 N–H and O–H groups in total. The van der Waals surface area contributed by atoms with E-state index < -0.39 is 24.1 Å². The van der Waals surface area contributed by atoms with Crippen LogP contribution in [0.1, 0.15) is 6.92 Å². The third-order valence-electron chi connectivity index (χ3n) is 4.70. The maximum Gasteiger partial charge on any atom is 0.491 e. The molecule has 0 bridgehead atoms. The zero-order chi connectivity index (χ0) is 22.9. The van der Waals surface area contributed by atoms with Crippen LogP contribution in [0.4, 0.5) is 24.9 Å². The van der Waals surface area contributed by atoms with Crippen LogP contribution < -0.4 is 20.8 Å². The van der Waals surface area contributed by atoms with Crippen LogP contribution in [0.5, 0.6) is 0 Å². The third-order valence-corrected chi connectivity index (χ3v) is 4.70. The lowest BCUT2D eigenvalue weighted by Gasteiger charge is -2.36. The molecule has 10 nitrogen and oxygen atoms in total. The van der Waals surface area contributed by atoms with Crippen molar-refractivity contribution in [2.75, 3.05) is 43.5 Å². The molecule has 0 aromatic carbocycles. The van der Waals surface area contributed by atoms with Gasteiger partial charge < -0.3 is 19.9 Å². The molecular formula is C18H22F3N7O3. The van der Waals surface area contributed by atoms with E-state index in [1.807, 2.05) is 0 Å². The number of nitrogens with one attached hydrogen (secondary N) is 1. The molecule has 1 saturated heterocycles. The van der Waals surface area contributed by atoms with Crippen molar-refractivity contribution in [3.63, 3.8) is 0 Å². The van der Waals surface area contributed by atoms with Gasteiger partial charge in [-0.1, -0.05) is 5.92 Å². The molecule has 0 aliphatic carbocycles. The molecule has 2 aromatic heterocycles. The fourth-order valence-corrected chi connectivity index (χ4v) is 3.19. The number of anilines is 2. The van der Waals surface area contributed by atoms with Crippen LogP contribution in [0, 0.1) is 11.8 Å². The summed E-state index contributed by atoms with van der Waals surface area (Å²) < 4.78 is 45.8. The lowest BCUT2D eigenvalue weighted by atomic mass is 10.3. The molecular weight excluding hydrogens is 419 g/mol. The van der Waals surface area contributed by atoms with Gasteiger partial charge >= 0.3 is 17.8 Å². The normalized spacial score (nSPS) is 16.7. The number of halogens is 3. The number of hydrogen-bond acceptors (Lipinski definition) is 8. The number of aryl methyl sites for hydroxylation is 1. The van der Waals surface area contributed by atoms with Crippen molar-refractivity contribution in [3.8, 4) is 11.8 Å². The zero-order valence-corrected chi connectivity index (χ0v) is 17.4. The first-order chi connectivity index (χ1) is 14.6. The Morgan fingerprint density at radius 2 is 2.06 bits per heavy atom. The fourth-order valence-electron chi connectivity index (χ4n) is 3.19. The number of carbonyl (C=O) groups excluding carboxylic acids is 1. The average molecular weight is 441 g/mol. The molecule has 3 heterocycles. The van der Waals surface area contributed by atoms with Gasteiger partial charge in [-0.25, -0.2) is 9.59 Å². The van der Waals surface area contributed by atoms with E-state index in [2.05, 4.69) is 27.1 Å². The van der Waals surface area contributed by atoms with Gasteiger partial charge in [0, 0.05) is 34.2 Å². The first kappa shape index (κ1) is 22.4. The minimum atomic E-state index is -5.13. The molecule has 0 saturated carbocycles. The maximum atomic E-state index is 12.8. The lowest BCUT2D eigenvalue weighted by molar-refractivity contribution is -0.205. The van der Waals surface area contributed by atoms with Crippen molar-refractivity contribution in [1.82, 2.24) is 24.4 Å². The van der Waals surface area contributed by atoms with Crippen molar-refractivity contribution in [2.45, 2.75) is 25.9 Å². The van der Waals surface area contributed by atoms with E-state index in [9.17, 15) is 22.8 Å². The Labute approximate surface area is 175 Å². The molecule has 1 fully saturated rings. The topological polar surface area (TPSA) is 97.5 Å². The molecule has 13 heteroatoms. The van der Waals surface area contributed by atoms with E-state index in [0.717, 1.165) is 0 Å². The van der Waals surface area contributed by atoms with Gasteiger partial charge in [-0.3, -0.25) is 9.13 Å². The summed E-state index contributed by atoms with van der Waals surface area (Å²) in [6.07, 6.45) is -6.42. The Morgan fingerprint density at radius 3 is 2.68 bits per heavy atom. The van der Waals surface area contributed by atoms with Gasteiger partial charge in [0.1, 0.15) is 5.52 Å². The number of piperazine rings is 1. The van der Waals surface area contributed by atoms with Crippen LogP contribution in [0.3, 0.4) is 0 Å². The van der Waals surface area contributed by atoms with Crippen LogP contribution in [0.15, 0.2) is 4.79 Å². The summed E-state index contributed by atoms with van der Waals surface area (Å²) in [6.45, 7) is 2.23. The molecule has 31 heavy (non-hydrogen) atoms. The highest BCUT2D eigenvalue weighted by Gasteiger charge is 2.44. The Hall–Kier alpha value is -3.27. The van der Waals surface area contributed by atoms with Crippen molar-refractivity contribution in [1.29, 1.82) is 0 Å². The van der Waals surface area contributed by atoms with Crippen molar-refractivity contribution >= 4 is 28.9 Å². The number of aromatic nitrogens is 4. The summed E-state index contributed by atoms with van der Waals surface area (Å²) in [6, 6.07) is 0. The zero-order valence-electron chi connectivity index (χ0n) is 17.4. The Bertz CT molecular complexity index is 1110. The number of rotatable bonds is 4. The molecule has 2 aromatic rings. The van der Waals surface area contributed by atoms with Crippen molar-refractivity contribution < 1.29 is 22.7 Å².